The predicted molar refractivity (Wildman–Crippen MR) is 184 cm³/mol. The molecule has 10 nitrogen and oxygen atoms in total. The smallest absolute Gasteiger partial charge is 0.396 e. The summed E-state index contributed by atoms with van der Waals surface area (Å²) >= 11 is 7.27. The average Bonchev–Trinajstić information content (AvgIpc) is 3.09. The topological polar surface area (TPSA) is 113 Å². The summed E-state index contributed by atoms with van der Waals surface area (Å²) in [5.74, 6) is 0.139. The highest BCUT2D eigenvalue weighted by Gasteiger charge is 2.33. The Hall–Kier alpha value is -3.66. The number of anilines is 2. The molecule has 2 fully saturated rings. The van der Waals surface area contributed by atoms with Crippen LogP contribution in [0.3, 0.4) is 0 Å². The molecule has 3 aromatic rings. The summed E-state index contributed by atoms with van der Waals surface area (Å²) in [5.41, 5.74) is 3.98. The van der Waals surface area contributed by atoms with Crippen molar-refractivity contribution in [3.8, 4) is 0 Å². The molecule has 0 bridgehead atoms. The first-order valence-electron chi connectivity index (χ1n) is 15.5. The molecule has 2 aliphatic rings. The Morgan fingerprint density at radius 2 is 1.71 bits per heavy atom. The Morgan fingerprint density at radius 3 is 2.44 bits per heavy atom. The number of aliphatic hydroxyl groups excluding tert-OH is 1. The van der Waals surface area contributed by atoms with Gasteiger partial charge in [0.05, 0.1) is 34.7 Å². The van der Waals surface area contributed by atoms with Crippen molar-refractivity contribution in [1.29, 1.82) is 0 Å². The van der Waals surface area contributed by atoms with Gasteiger partial charge < -0.3 is 20.6 Å². The molecule has 15 heteroatoms. The van der Waals surface area contributed by atoms with Gasteiger partial charge in [-0.15, -0.1) is 0 Å². The maximum absolute atomic E-state index is 13.5. The minimum Gasteiger partial charge on any atom is -0.396 e. The Balaban J connectivity index is 1.34. The quantitative estimate of drug-likeness (QED) is 0.131. The summed E-state index contributed by atoms with van der Waals surface area (Å²) in [4.78, 5) is 29.0. The van der Waals surface area contributed by atoms with E-state index in [0.29, 0.717) is 17.1 Å². The number of carbonyl (C=O) groups excluding carboxylic acids is 2. The number of rotatable bonds is 11. The van der Waals surface area contributed by atoms with Gasteiger partial charge in [0.2, 0.25) is 0 Å². The van der Waals surface area contributed by atoms with E-state index in [1.54, 1.807) is 42.1 Å². The van der Waals surface area contributed by atoms with E-state index in [-0.39, 0.29) is 23.4 Å². The number of hydrazone groups is 1. The molecule has 2 saturated heterocycles. The van der Waals surface area contributed by atoms with E-state index in [4.69, 9.17) is 16.7 Å². The maximum atomic E-state index is 13.5. The highest BCUT2D eigenvalue weighted by Crippen LogP contribution is 2.35. The Bertz CT molecular complexity index is 1610. The largest absolute Gasteiger partial charge is 0.417 e. The number of halogens is 4. The van der Waals surface area contributed by atoms with Crippen LogP contribution in [-0.4, -0.2) is 97.9 Å². The third kappa shape index (κ3) is 9.49. The predicted octanol–water partition coefficient (Wildman–Crippen LogP) is 4.54. The van der Waals surface area contributed by atoms with Crippen molar-refractivity contribution in [2.24, 2.45) is 5.10 Å². The lowest BCUT2D eigenvalue weighted by Crippen LogP contribution is -2.58. The first-order chi connectivity index (χ1) is 23.1. The fourth-order valence-corrected chi connectivity index (χ4v) is 6.43. The molecule has 0 aromatic heterocycles. The number of hydrogen-bond donors (Lipinski definition) is 4. The maximum Gasteiger partial charge on any atom is 0.417 e. The molecule has 2 aliphatic heterocycles. The highest BCUT2D eigenvalue weighted by atomic mass is 35.5. The van der Waals surface area contributed by atoms with Crippen LogP contribution >= 0.6 is 23.4 Å². The molecule has 2 amide bonds. The number of alkyl halides is 3. The van der Waals surface area contributed by atoms with Crippen LogP contribution in [0.5, 0.6) is 0 Å². The van der Waals surface area contributed by atoms with E-state index in [1.165, 1.54) is 6.07 Å². The van der Waals surface area contributed by atoms with Crippen molar-refractivity contribution in [2.75, 3.05) is 74.9 Å². The van der Waals surface area contributed by atoms with Crippen LogP contribution in [0.4, 0.5) is 24.5 Å². The molecule has 4 N–H and O–H groups in total. The van der Waals surface area contributed by atoms with Crippen LogP contribution in [0.1, 0.15) is 37.4 Å². The molecule has 256 valence electrons. The first-order valence-corrected chi connectivity index (χ1v) is 17.0. The number of hydrogen-bond acceptors (Lipinski definition) is 9. The summed E-state index contributed by atoms with van der Waals surface area (Å²) in [6, 6.07) is 15.6. The van der Waals surface area contributed by atoms with Gasteiger partial charge in [-0.3, -0.25) is 9.59 Å². The summed E-state index contributed by atoms with van der Waals surface area (Å²) < 4.78 is 39.9. The van der Waals surface area contributed by atoms with E-state index in [0.717, 1.165) is 82.0 Å². The fraction of sp³-hybridized carbons (Fsp3) is 0.364. The lowest BCUT2D eigenvalue weighted by Gasteiger charge is -2.43. The van der Waals surface area contributed by atoms with Crippen LogP contribution in [0.15, 0.2) is 65.8 Å². The Morgan fingerprint density at radius 1 is 0.958 bits per heavy atom. The number of hydrazine groups is 1. The number of benzene rings is 3. The minimum atomic E-state index is -4.65. The van der Waals surface area contributed by atoms with Crippen LogP contribution < -0.4 is 21.0 Å². The zero-order valence-corrected chi connectivity index (χ0v) is 27.7. The van der Waals surface area contributed by atoms with E-state index < -0.39 is 28.6 Å². The van der Waals surface area contributed by atoms with Crippen LogP contribution in [0.25, 0.3) is 0 Å². The molecule has 0 atom stereocenters. The number of amides is 2. The van der Waals surface area contributed by atoms with E-state index in [1.807, 2.05) is 12.1 Å². The van der Waals surface area contributed by atoms with Crippen LogP contribution in [0.2, 0.25) is 5.02 Å². The van der Waals surface area contributed by atoms with Gasteiger partial charge in [0.15, 0.2) is 0 Å². The molecule has 0 unspecified atom stereocenters. The van der Waals surface area contributed by atoms with Crippen molar-refractivity contribution in [1.82, 2.24) is 20.8 Å². The third-order valence-electron chi connectivity index (χ3n) is 7.98. The summed E-state index contributed by atoms with van der Waals surface area (Å²) in [7, 11) is 0. The third-order valence-corrected chi connectivity index (χ3v) is 9.32. The molecular weight excluding hydrogens is 667 g/mol. The van der Waals surface area contributed by atoms with E-state index >= 15 is 0 Å². The van der Waals surface area contributed by atoms with Gasteiger partial charge in [-0.25, -0.2) is 15.4 Å². The minimum absolute atomic E-state index is 0.0653. The zero-order valence-electron chi connectivity index (χ0n) is 26.1. The van der Waals surface area contributed by atoms with Crippen molar-refractivity contribution in [3.05, 3.63) is 93.5 Å². The summed E-state index contributed by atoms with van der Waals surface area (Å²) in [6.45, 7) is 6.97. The van der Waals surface area contributed by atoms with Gasteiger partial charge in [-0.2, -0.15) is 30.0 Å². The van der Waals surface area contributed by atoms with Crippen LogP contribution in [0, 0.1) is 0 Å². The lowest BCUT2D eigenvalue weighted by atomic mass is 10.1. The molecule has 3 aromatic carbocycles. The van der Waals surface area contributed by atoms with Gasteiger partial charge in [0.1, 0.15) is 0 Å². The second-order valence-corrected chi connectivity index (χ2v) is 12.8. The number of aliphatic hydroxyl groups is 1. The highest BCUT2D eigenvalue weighted by molar-refractivity contribution is 7.98. The average molecular weight is 704 g/mol. The molecule has 0 spiro atoms. The second-order valence-electron chi connectivity index (χ2n) is 11.2. The lowest BCUT2D eigenvalue weighted by molar-refractivity contribution is -0.137. The van der Waals surface area contributed by atoms with Gasteiger partial charge in [-0.05, 0) is 53.6 Å². The summed E-state index contributed by atoms with van der Waals surface area (Å²) in [5, 5.41) is 23.5. The SMILES string of the molecule is O=C(Nc1ccc(N2CCN(N3CCNCC3)CC2)cc1C(=O)NN=Cc1ccc(Cl)c(C(F)(F)F)c1)c1cccc(CSCCO)c1. The van der Waals surface area contributed by atoms with Crippen molar-refractivity contribution < 1.29 is 27.9 Å². The number of carbonyl (C=O) groups is 2. The molecule has 0 radical (unpaired) electrons. The van der Waals surface area contributed by atoms with E-state index in [2.05, 4.69) is 36.1 Å². The van der Waals surface area contributed by atoms with E-state index in [9.17, 15) is 22.8 Å². The molecule has 48 heavy (non-hydrogen) atoms. The zero-order chi connectivity index (χ0) is 34.1. The Labute approximate surface area is 286 Å². The van der Waals surface area contributed by atoms with Gasteiger partial charge in [-0.1, -0.05) is 29.8 Å². The van der Waals surface area contributed by atoms with Crippen molar-refractivity contribution >= 4 is 52.8 Å². The number of piperazine rings is 2. The Kier molecular flexibility index (Phi) is 12.4. The fourth-order valence-electron chi connectivity index (χ4n) is 5.52. The standard InChI is InChI=1S/C33H37ClF3N7O3S/c34-29-6-4-23(19-28(29)33(35,36)37)21-39-41-32(47)27-20-26(42-12-14-44(15-13-42)43-10-8-38-9-11-43)5-7-30(27)40-31(46)25-3-1-2-24(18-25)22-48-17-16-45/h1-7,18-21,38,45H,8-17,22H2,(H,40,46)(H,41,47). The van der Waals surface area contributed by atoms with Crippen molar-refractivity contribution in [2.45, 2.75) is 11.9 Å². The second kappa shape index (κ2) is 16.6. The molecule has 0 aliphatic carbocycles. The number of thioether (sulfide) groups is 1. The molecule has 2 heterocycles. The number of nitrogens with one attached hydrogen (secondary N) is 3. The van der Waals surface area contributed by atoms with Gasteiger partial charge in [0, 0.05) is 75.1 Å². The summed E-state index contributed by atoms with van der Waals surface area (Å²) in [6.07, 6.45) is -3.55. The number of nitrogens with zero attached hydrogens (tertiary/aromatic N) is 4. The van der Waals surface area contributed by atoms with Crippen molar-refractivity contribution in [3.63, 3.8) is 0 Å². The molecule has 0 saturated carbocycles. The first kappa shape index (κ1) is 35.6. The van der Waals surface area contributed by atoms with Gasteiger partial charge in [0.25, 0.3) is 11.8 Å². The monoisotopic (exact) mass is 703 g/mol. The van der Waals surface area contributed by atoms with Crippen LogP contribution in [-0.2, 0) is 11.9 Å². The van der Waals surface area contributed by atoms with Gasteiger partial charge >= 0.3 is 6.18 Å². The normalized spacial score (nSPS) is 16.3. The molecular formula is C33H37ClF3N7O3S. The molecule has 5 rings (SSSR count).